The molecule has 1 aromatic heterocycles. The van der Waals surface area contributed by atoms with Gasteiger partial charge in [-0.25, -0.2) is 4.39 Å². The molecule has 1 aliphatic rings. The van der Waals surface area contributed by atoms with Gasteiger partial charge in [-0.1, -0.05) is 6.92 Å². The molecule has 4 heteroatoms. The Morgan fingerprint density at radius 1 is 1.32 bits per heavy atom. The molecule has 3 nitrogen and oxygen atoms in total. The number of likely N-dealkylation sites (N-methyl/N-ethyl adjacent to an activating group) is 1. The van der Waals surface area contributed by atoms with Crippen LogP contribution in [-0.2, 0) is 11.2 Å². The fraction of sp³-hybridized carbons (Fsp3) is 0.278. The molecular weight excluding hydrogens is 279 g/mol. The van der Waals surface area contributed by atoms with Crippen molar-refractivity contribution >= 4 is 23.2 Å². The predicted molar refractivity (Wildman–Crippen MR) is 87.3 cm³/mol. The summed E-state index contributed by atoms with van der Waals surface area (Å²) in [4.78, 5) is 17.4. The first-order chi connectivity index (χ1) is 10.4. The molecule has 2 aromatic rings. The molecule has 1 N–H and O–H groups in total. The summed E-state index contributed by atoms with van der Waals surface area (Å²) in [7, 11) is 1.71. The molecule has 0 saturated heterocycles. The zero-order valence-corrected chi connectivity index (χ0v) is 13.2. The zero-order chi connectivity index (χ0) is 16.0. The number of fused-ring (bicyclic) bond motifs is 1. The van der Waals surface area contributed by atoms with Gasteiger partial charge in [-0.05, 0) is 55.7 Å². The third-order valence-electron chi connectivity index (χ3n) is 4.42. The first-order valence-electron chi connectivity index (χ1n) is 7.41. The SMILES string of the molecule is CCc1c(C)[nH]c(/C=C2\C(=O)N(C)c3ccc(F)cc32)c1C. The number of amides is 1. The molecule has 0 aliphatic carbocycles. The van der Waals surface area contributed by atoms with Gasteiger partial charge in [-0.15, -0.1) is 0 Å². The van der Waals surface area contributed by atoms with Gasteiger partial charge < -0.3 is 9.88 Å². The van der Waals surface area contributed by atoms with Crippen molar-refractivity contribution in [2.24, 2.45) is 0 Å². The lowest BCUT2D eigenvalue weighted by Gasteiger charge is -2.08. The van der Waals surface area contributed by atoms with E-state index >= 15 is 0 Å². The molecule has 0 spiro atoms. The second kappa shape index (κ2) is 5.13. The number of carbonyl (C=O) groups excluding carboxylic acids is 1. The van der Waals surface area contributed by atoms with Crippen molar-refractivity contribution in [3.05, 3.63) is 52.1 Å². The fourth-order valence-corrected chi connectivity index (χ4v) is 3.20. The zero-order valence-electron chi connectivity index (χ0n) is 13.2. The van der Waals surface area contributed by atoms with Crippen molar-refractivity contribution in [3.63, 3.8) is 0 Å². The van der Waals surface area contributed by atoms with E-state index in [-0.39, 0.29) is 11.7 Å². The van der Waals surface area contributed by atoms with Crippen LogP contribution < -0.4 is 4.90 Å². The molecule has 3 rings (SSSR count). The van der Waals surface area contributed by atoms with Crippen molar-refractivity contribution in [1.29, 1.82) is 0 Å². The number of hydrogen-bond acceptors (Lipinski definition) is 1. The quantitative estimate of drug-likeness (QED) is 0.840. The number of hydrogen-bond donors (Lipinski definition) is 1. The molecule has 0 fully saturated rings. The second-order valence-electron chi connectivity index (χ2n) is 5.70. The van der Waals surface area contributed by atoms with Gasteiger partial charge in [0, 0.05) is 24.0 Å². The third-order valence-corrected chi connectivity index (χ3v) is 4.42. The van der Waals surface area contributed by atoms with E-state index in [9.17, 15) is 9.18 Å². The third kappa shape index (κ3) is 2.06. The Labute approximate surface area is 129 Å². The van der Waals surface area contributed by atoms with Crippen molar-refractivity contribution in [2.75, 3.05) is 11.9 Å². The Balaban J connectivity index is 2.17. The average molecular weight is 298 g/mol. The molecule has 0 atom stereocenters. The molecule has 22 heavy (non-hydrogen) atoms. The normalized spacial score (nSPS) is 15.8. The summed E-state index contributed by atoms with van der Waals surface area (Å²) in [5.41, 5.74) is 6.38. The monoisotopic (exact) mass is 298 g/mol. The smallest absolute Gasteiger partial charge is 0.258 e. The van der Waals surface area contributed by atoms with E-state index in [0.717, 1.165) is 29.1 Å². The maximum absolute atomic E-state index is 13.6. The number of aryl methyl sites for hydroxylation is 1. The Hall–Kier alpha value is -2.36. The Kier molecular flexibility index (Phi) is 3.39. The molecule has 114 valence electrons. The number of H-pyrrole nitrogens is 1. The number of rotatable bonds is 2. The maximum Gasteiger partial charge on any atom is 0.258 e. The standard InChI is InChI=1S/C18H19FN2O/c1-5-13-10(2)16(20-11(13)3)9-15-14-8-12(19)6-7-17(14)21(4)18(15)22/h6-9,20H,5H2,1-4H3/b15-9-. The minimum absolute atomic E-state index is 0.106. The number of aromatic nitrogens is 1. The van der Waals surface area contributed by atoms with Crippen molar-refractivity contribution < 1.29 is 9.18 Å². The van der Waals surface area contributed by atoms with Crippen LogP contribution in [0.2, 0.25) is 0 Å². The molecular formula is C18H19FN2O. The number of anilines is 1. The predicted octanol–water partition coefficient (Wildman–Crippen LogP) is 3.85. The van der Waals surface area contributed by atoms with Crippen LogP contribution in [0.1, 0.15) is 35.0 Å². The molecule has 0 radical (unpaired) electrons. The summed E-state index contributed by atoms with van der Waals surface area (Å²) in [6.07, 6.45) is 2.78. The summed E-state index contributed by atoms with van der Waals surface area (Å²) in [5.74, 6) is -0.438. The number of benzene rings is 1. The lowest BCUT2D eigenvalue weighted by molar-refractivity contribution is -0.112. The summed E-state index contributed by atoms with van der Waals surface area (Å²) in [6.45, 7) is 6.19. The van der Waals surface area contributed by atoms with Gasteiger partial charge in [0.25, 0.3) is 5.91 Å². The minimum atomic E-state index is -0.332. The molecule has 1 amide bonds. The molecule has 2 heterocycles. The van der Waals surface area contributed by atoms with E-state index in [4.69, 9.17) is 0 Å². The Morgan fingerprint density at radius 3 is 2.68 bits per heavy atom. The number of nitrogens with one attached hydrogen (secondary N) is 1. The largest absolute Gasteiger partial charge is 0.359 e. The average Bonchev–Trinajstić information content (AvgIpc) is 2.88. The number of aromatic amines is 1. The molecule has 1 aromatic carbocycles. The van der Waals surface area contributed by atoms with Gasteiger partial charge in [0.15, 0.2) is 0 Å². The van der Waals surface area contributed by atoms with Gasteiger partial charge in [0.2, 0.25) is 0 Å². The molecule has 1 aliphatic heterocycles. The van der Waals surface area contributed by atoms with E-state index < -0.39 is 0 Å². The van der Waals surface area contributed by atoms with Crippen molar-refractivity contribution in [1.82, 2.24) is 4.98 Å². The van der Waals surface area contributed by atoms with Gasteiger partial charge in [-0.3, -0.25) is 4.79 Å². The molecule has 0 saturated carbocycles. The molecule has 0 unspecified atom stereocenters. The van der Waals surface area contributed by atoms with Crippen LogP contribution in [0.3, 0.4) is 0 Å². The van der Waals surface area contributed by atoms with Crippen LogP contribution in [0, 0.1) is 19.7 Å². The summed E-state index contributed by atoms with van der Waals surface area (Å²) in [6, 6.07) is 4.45. The number of halogens is 1. The Morgan fingerprint density at radius 2 is 2.05 bits per heavy atom. The first kappa shape index (κ1) is 14.6. The Bertz CT molecular complexity index is 802. The van der Waals surface area contributed by atoms with E-state index in [1.165, 1.54) is 17.7 Å². The van der Waals surface area contributed by atoms with E-state index in [1.807, 2.05) is 19.9 Å². The number of nitrogens with zero attached hydrogens (tertiary/aromatic N) is 1. The summed E-state index contributed by atoms with van der Waals surface area (Å²) in [5, 5.41) is 0. The summed E-state index contributed by atoms with van der Waals surface area (Å²) >= 11 is 0. The van der Waals surface area contributed by atoms with Gasteiger partial charge in [-0.2, -0.15) is 0 Å². The fourth-order valence-electron chi connectivity index (χ4n) is 3.20. The van der Waals surface area contributed by atoms with E-state index in [1.54, 1.807) is 18.0 Å². The highest BCUT2D eigenvalue weighted by atomic mass is 19.1. The first-order valence-corrected chi connectivity index (χ1v) is 7.41. The van der Waals surface area contributed by atoms with Gasteiger partial charge >= 0.3 is 0 Å². The van der Waals surface area contributed by atoms with Crippen LogP contribution in [0.25, 0.3) is 11.6 Å². The highest BCUT2D eigenvalue weighted by Crippen LogP contribution is 2.37. The van der Waals surface area contributed by atoms with Crippen LogP contribution in [-0.4, -0.2) is 17.9 Å². The van der Waals surface area contributed by atoms with Crippen molar-refractivity contribution in [2.45, 2.75) is 27.2 Å². The van der Waals surface area contributed by atoms with Crippen LogP contribution >= 0.6 is 0 Å². The van der Waals surface area contributed by atoms with E-state index in [2.05, 4.69) is 11.9 Å². The lowest BCUT2D eigenvalue weighted by atomic mass is 10.0. The topological polar surface area (TPSA) is 36.1 Å². The van der Waals surface area contributed by atoms with Crippen molar-refractivity contribution in [3.8, 4) is 0 Å². The second-order valence-corrected chi connectivity index (χ2v) is 5.70. The van der Waals surface area contributed by atoms with E-state index in [0.29, 0.717) is 11.1 Å². The van der Waals surface area contributed by atoms with Crippen LogP contribution in [0.15, 0.2) is 18.2 Å². The highest BCUT2D eigenvalue weighted by molar-refractivity contribution is 6.35. The van der Waals surface area contributed by atoms with Gasteiger partial charge in [0.05, 0.1) is 11.3 Å². The molecule has 0 bridgehead atoms. The van der Waals surface area contributed by atoms with Crippen LogP contribution in [0.4, 0.5) is 10.1 Å². The minimum Gasteiger partial charge on any atom is -0.359 e. The van der Waals surface area contributed by atoms with Crippen LogP contribution in [0.5, 0.6) is 0 Å². The summed E-state index contributed by atoms with van der Waals surface area (Å²) < 4.78 is 13.6. The lowest BCUT2D eigenvalue weighted by Crippen LogP contribution is -2.20. The maximum atomic E-state index is 13.6. The number of carbonyl (C=O) groups is 1. The van der Waals surface area contributed by atoms with Gasteiger partial charge in [0.1, 0.15) is 5.82 Å². The highest BCUT2D eigenvalue weighted by Gasteiger charge is 2.30.